The molecule has 1 N–H and O–H groups in total. The van der Waals surface area contributed by atoms with Crippen LogP contribution in [0.5, 0.6) is 0 Å². The molecule has 3 rings (SSSR count). The van der Waals surface area contributed by atoms with E-state index in [0.717, 1.165) is 11.3 Å². The lowest BCUT2D eigenvalue weighted by Crippen LogP contribution is -2.36. The van der Waals surface area contributed by atoms with Crippen LogP contribution in [0, 0.1) is 6.92 Å². The molecule has 5 nitrogen and oxygen atoms in total. The first-order chi connectivity index (χ1) is 13.1. The van der Waals surface area contributed by atoms with E-state index in [2.05, 4.69) is 10.3 Å². The van der Waals surface area contributed by atoms with Gasteiger partial charge in [0.1, 0.15) is 5.56 Å². The van der Waals surface area contributed by atoms with Crippen molar-refractivity contribution in [3.8, 4) is 0 Å². The number of hydrogen-bond acceptors (Lipinski definition) is 3. The summed E-state index contributed by atoms with van der Waals surface area (Å²) in [6.07, 6.45) is 4.09. The summed E-state index contributed by atoms with van der Waals surface area (Å²) >= 11 is 0. The molecule has 5 heteroatoms. The highest BCUT2D eigenvalue weighted by Gasteiger charge is 2.18. The second-order valence-electron chi connectivity index (χ2n) is 6.50. The van der Waals surface area contributed by atoms with Crippen molar-refractivity contribution in [1.29, 1.82) is 0 Å². The van der Waals surface area contributed by atoms with Crippen molar-refractivity contribution in [3.63, 3.8) is 0 Å². The quantitative estimate of drug-likeness (QED) is 0.734. The fourth-order valence-corrected chi connectivity index (χ4v) is 3.05. The average Bonchev–Trinajstić information content (AvgIpc) is 2.69. The van der Waals surface area contributed by atoms with E-state index in [9.17, 15) is 9.59 Å². The molecule has 0 saturated heterocycles. The molecule has 1 unspecified atom stereocenters. The summed E-state index contributed by atoms with van der Waals surface area (Å²) in [5, 5.41) is 2.84. The Morgan fingerprint density at radius 3 is 2.56 bits per heavy atom. The fourth-order valence-electron chi connectivity index (χ4n) is 3.05. The van der Waals surface area contributed by atoms with Gasteiger partial charge in [-0.05, 0) is 43.2 Å². The maximum Gasteiger partial charge on any atom is 0.264 e. The predicted molar refractivity (Wildman–Crippen MR) is 106 cm³/mol. The summed E-state index contributed by atoms with van der Waals surface area (Å²) in [7, 11) is 0. The maximum atomic E-state index is 13.0. The van der Waals surface area contributed by atoms with E-state index in [0.29, 0.717) is 18.5 Å². The number of pyridine rings is 2. The Morgan fingerprint density at radius 2 is 1.85 bits per heavy atom. The molecule has 1 aromatic carbocycles. The predicted octanol–water partition coefficient (Wildman–Crippen LogP) is 3.13. The third kappa shape index (κ3) is 4.31. The van der Waals surface area contributed by atoms with Crippen molar-refractivity contribution in [2.45, 2.75) is 26.3 Å². The largest absolute Gasteiger partial charge is 0.351 e. The van der Waals surface area contributed by atoms with Gasteiger partial charge in [-0.3, -0.25) is 14.6 Å². The number of amides is 1. The van der Waals surface area contributed by atoms with Crippen LogP contribution < -0.4 is 10.9 Å². The van der Waals surface area contributed by atoms with Crippen molar-refractivity contribution in [3.05, 3.63) is 99.7 Å². The minimum Gasteiger partial charge on any atom is -0.351 e. The molecular formula is C22H23N3O2. The minimum atomic E-state index is -0.344. The number of nitrogens with one attached hydrogen (secondary N) is 1. The molecule has 2 aromatic heterocycles. The van der Waals surface area contributed by atoms with E-state index in [4.69, 9.17) is 0 Å². The van der Waals surface area contributed by atoms with Gasteiger partial charge in [-0.25, -0.2) is 0 Å². The molecule has 2 heterocycles. The summed E-state index contributed by atoms with van der Waals surface area (Å²) in [6, 6.07) is 17.1. The van der Waals surface area contributed by atoms with Gasteiger partial charge >= 0.3 is 0 Å². The van der Waals surface area contributed by atoms with Crippen molar-refractivity contribution in [2.75, 3.05) is 6.54 Å². The molecule has 0 aliphatic heterocycles. The van der Waals surface area contributed by atoms with Gasteiger partial charge in [0.05, 0.1) is 6.04 Å². The highest BCUT2D eigenvalue weighted by Crippen LogP contribution is 2.16. The third-order valence-electron chi connectivity index (χ3n) is 4.65. The molecule has 27 heavy (non-hydrogen) atoms. The van der Waals surface area contributed by atoms with Gasteiger partial charge in [0.2, 0.25) is 0 Å². The monoisotopic (exact) mass is 361 g/mol. The van der Waals surface area contributed by atoms with E-state index in [1.807, 2.05) is 61.5 Å². The fraction of sp³-hybridized carbons (Fsp3) is 0.227. The van der Waals surface area contributed by atoms with Gasteiger partial charge in [0, 0.05) is 31.1 Å². The second kappa shape index (κ2) is 8.45. The first-order valence-corrected chi connectivity index (χ1v) is 9.02. The lowest BCUT2D eigenvalue weighted by Gasteiger charge is -2.17. The Kier molecular flexibility index (Phi) is 5.81. The number of hydrogen-bond donors (Lipinski definition) is 1. The summed E-state index contributed by atoms with van der Waals surface area (Å²) < 4.78 is 1.61. The molecule has 1 amide bonds. The maximum absolute atomic E-state index is 13.0. The highest BCUT2D eigenvalue weighted by atomic mass is 16.2. The highest BCUT2D eigenvalue weighted by molar-refractivity contribution is 5.95. The zero-order valence-electron chi connectivity index (χ0n) is 15.6. The molecule has 0 bridgehead atoms. The van der Waals surface area contributed by atoms with Crippen LogP contribution in [0.15, 0.2) is 71.8 Å². The van der Waals surface area contributed by atoms with Crippen molar-refractivity contribution in [2.24, 2.45) is 0 Å². The van der Waals surface area contributed by atoms with E-state index >= 15 is 0 Å². The molecule has 1 atom stereocenters. The summed E-state index contributed by atoms with van der Waals surface area (Å²) in [6.45, 7) is 4.17. The zero-order chi connectivity index (χ0) is 19.2. The number of rotatable bonds is 6. The van der Waals surface area contributed by atoms with Crippen molar-refractivity contribution in [1.82, 2.24) is 14.9 Å². The molecule has 0 aliphatic rings. The van der Waals surface area contributed by atoms with Crippen LogP contribution in [0.25, 0.3) is 0 Å². The number of nitrogens with zero attached hydrogens (tertiary/aromatic N) is 2. The van der Waals surface area contributed by atoms with Gasteiger partial charge in [-0.2, -0.15) is 0 Å². The van der Waals surface area contributed by atoms with Crippen LogP contribution >= 0.6 is 0 Å². The van der Waals surface area contributed by atoms with Crippen LogP contribution in [0.2, 0.25) is 0 Å². The molecule has 0 radical (unpaired) electrons. The summed E-state index contributed by atoms with van der Waals surface area (Å²) in [5.41, 5.74) is 2.51. The normalized spacial score (nSPS) is 11.8. The topological polar surface area (TPSA) is 64.0 Å². The molecular weight excluding hydrogens is 338 g/mol. The van der Waals surface area contributed by atoms with Gasteiger partial charge < -0.3 is 9.88 Å². The van der Waals surface area contributed by atoms with Crippen LogP contribution in [-0.2, 0) is 6.42 Å². The van der Waals surface area contributed by atoms with E-state index < -0.39 is 0 Å². The van der Waals surface area contributed by atoms with Crippen LogP contribution in [0.1, 0.15) is 40.1 Å². The summed E-state index contributed by atoms with van der Waals surface area (Å²) in [5.74, 6) is -0.344. The van der Waals surface area contributed by atoms with E-state index in [1.54, 1.807) is 23.9 Å². The first kappa shape index (κ1) is 18.6. The Labute approximate surface area is 158 Å². The third-order valence-corrected chi connectivity index (χ3v) is 4.65. The molecule has 0 aliphatic carbocycles. The molecule has 138 valence electrons. The molecule has 3 aromatic rings. The molecule has 0 fully saturated rings. The Hall–Kier alpha value is -3.21. The van der Waals surface area contributed by atoms with Gasteiger partial charge in [0.15, 0.2) is 0 Å². The Bertz CT molecular complexity index is 966. The van der Waals surface area contributed by atoms with Gasteiger partial charge in [0.25, 0.3) is 11.5 Å². The van der Waals surface area contributed by atoms with Gasteiger partial charge in [-0.1, -0.05) is 36.4 Å². The van der Waals surface area contributed by atoms with Crippen LogP contribution in [-0.4, -0.2) is 22.0 Å². The van der Waals surface area contributed by atoms with Crippen LogP contribution in [0.3, 0.4) is 0 Å². The number of aromatic nitrogens is 2. The second-order valence-corrected chi connectivity index (χ2v) is 6.50. The van der Waals surface area contributed by atoms with Gasteiger partial charge in [-0.15, -0.1) is 0 Å². The lowest BCUT2D eigenvalue weighted by atomic mass is 10.1. The Balaban J connectivity index is 1.78. The van der Waals surface area contributed by atoms with E-state index in [1.165, 1.54) is 0 Å². The first-order valence-electron chi connectivity index (χ1n) is 9.02. The van der Waals surface area contributed by atoms with Crippen molar-refractivity contribution < 1.29 is 4.79 Å². The van der Waals surface area contributed by atoms with Crippen LogP contribution in [0.4, 0.5) is 0 Å². The number of aryl methyl sites for hydroxylation is 1. The minimum absolute atomic E-state index is 0.153. The molecule has 0 saturated carbocycles. The standard InChI is InChI=1S/C22H23N3O2/c1-16-12-15-25(17(2)18-8-4-3-5-9-18)22(27)20(16)21(26)24-14-11-19-10-6-7-13-23-19/h3-10,12-13,15,17H,11,14H2,1-2H3,(H,24,26). The van der Waals surface area contributed by atoms with Crippen molar-refractivity contribution >= 4 is 5.91 Å². The van der Waals surface area contributed by atoms with E-state index in [-0.39, 0.29) is 23.1 Å². The smallest absolute Gasteiger partial charge is 0.264 e. The number of carbonyl (C=O) groups is 1. The zero-order valence-corrected chi connectivity index (χ0v) is 15.6. The summed E-state index contributed by atoms with van der Waals surface area (Å²) in [4.78, 5) is 29.8. The molecule has 0 spiro atoms. The average molecular weight is 361 g/mol. The number of carbonyl (C=O) groups excluding carboxylic acids is 1. The number of benzene rings is 1. The lowest BCUT2D eigenvalue weighted by molar-refractivity contribution is 0.0951. The Morgan fingerprint density at radius 1 is 1.11 bits per heavy atom. The SMILES string of the molecule is Cc1ccn(C(C)c2ccccc2)c(=O)c1C(=O)NCCc1ccccn1.